The van der Waals surface area contributed by atoms with Crippen LogP contribution in [0.4, 0.5) is 0 Å². The predicted octanol–water partition coefficient (Wildman–Crippen LogP) is 0.821. The normalized spacial score (nSPS) is 9.33. The lowest BCUT2D eigenvalue weighted by molar-refractivity contribution is -0.139. The number of ether oxygens (including phenoxy) is 1. The molecule has 0 unspecified atom stereocenters. The molecule has 0 aliphatic heterocycles. The van der Waals surface area contributed by atoms with Gasteiger partial charge in [0.15, 0.2) is 0 Å². The second-order valence-electron chi connectivity index (χ2n) is 2.95. The molecule has 0 saturated heterocycles. The van der Waals surface area contributed by atoms with Crippen molar-refractivity contribution in [2.75, 3.05) is 13.7 Å². The van der Waals surface area contributed by atoms with Crippen LogP contribution in [0.5, 0.6) is 0 Å². The smallest absolute Gasteiger partial charge is 0.319 e. The summed E-state index contributed by atoms with van der Waals surface area (Å²) in [7, 11) is 1.34. The fourth-order valence-electron chi connectivity index (χ4n) is 1.15. The van der Waals surface area contributed by atoms with Gasteiger partial charge in [0.05, 0.1) is 25.3 Å². The zero-order chi connectivity index (χ0) is 11.1. The number of benzene rings is 1. The van der Waals surface area contributed by atoms with Crippen LogP contribution < -0.4 is 5.32 Å². The quantitative estimate of drug-likeness (QED) is 0.737. The van der Waals surface area contributed by atoms with E-state index in [2.05, 4.69) is 16.1 Å². The Hall–Kier alpha value is -1.86. The summed E-state index contributed by atoms with van der Waals surface area (Å²) in [5.74, 6) is -0.315. The van der Waals surface area contributed by atoms with E-state index in [0.717, 1.165) is 5.56 Å². The van der Waals surface area contributed by atoms with Crippen LogP contribution in [-0.4, -0.2) is 19.6 Å². The van der Waals surface area contributed by atoms with Gasteiger partial charge < -0.3 is 10.1 Å². The van der Waals surface area contributed by atoms with E-state index >= 15 is 0 Å². The highest BCUT2D eigenvalue weighted by molar-refractivity contribution is 5.71. The maximum Gasteiger partial charge on any atom is 0.319 e. The molecule has 0 bridgehead atoms. The van der Waals surface area contributed by atoms with Gasteiger partial charge in [0.1, 0.15) is 0 Å². The number of nitriles is 1. The van der Waals surface area contributed by atoms with Crippen LogP contribution in [0.15, 0.2) is 24.3 Å². The first-order chi connectivity index (χ1) is 7.27. The predicted molar refractivity (Wildman–Crippen MR) is 54.9 cm³/mol. The molecule has 0 radical (unpaired) electrons. The van der Waals surface area contributed by atoms with E-state index in [-0.39, 0.29) is 12.5 Å². The highest BCUT2D eigenvalue weighted by atomic mass is 16.5. The molecule has 15 heavy (non-hydrogen) atoms. The number of hydrogen-bond donors (Lipinski definition) is 1. The van der Waals surface area contributed by atoms with Crippen LogP contribution in [0.1, 0.15) is 11.1 Å². The van der Waals surface area contributed by atoms with Crippen molar-refractivity contribution < 1.29 is 9.53 Å². The average molecular weight is 204 g/mol. The van der Waals surface area contributed by atoms with Crippen LogP contribution in [0, 0.1) is 11.3 Å². The summed E-state index contributed by atoms with van der Waals surface area (Å²) >= 11 is 0. The zero-order valence-corrected chi connectivity index (χ0v) is 8.49. The van der Waals surface area contributed by atoms with Gasteiger partial charge in [-0.05, 0) is 11.6 Å². The van der Waals surface area contributed by atoms with Crippen molar-refractivity contribution in [3.05, 3.63) is 35.4 Å². The van der Waals surface area contributed by atoms with Crippen LogP contribution in [-0.2, 0) is 16.1 Å². The summed E-state index contributed by atoms with van der Waals surface area (Å²) in [6.45, 7) is 0.634. The van der Waals surface area contributed by atoms with E-state index in [1.165, 1.54) is 7.11 Å². The van der Waals surface area contributed by atoms with E-state index in [0.29, 0.717) is 12.1 Å². The van der Waals surface area contributed by atoms with Gasteiger partial charge in [0, 0.05) is 6.54 Å². The minimum Gasteiger partial charge on any atom is -0.468 e. The Bertz CT molecular complexity index is 382. The highest BCUT2D eigenvalue weighted by Gasteiger charge is 2.02. The van der Waals surface area contributed by atoms with Gasteiger partial charge in [-0.2, -0.15) is 5.26 Å². The molecule has 0 amide bonds. The van der Waals surface area contributed by atoms with E-state index in [1.807, 2.05) is 18.2 Å². The number of hydrogen-bond acceptors (Lipinski definition) is 4. The molecule has 78 valence electrons. The summed E-state index contributed by atoms with van der Waals surface area (Å²) in [5, 5.41) is 11.7. The molecular weight excluding hydrogens is 192 g/mol. The molecule has 4 heteroatoms. The summed E-state index contributed by atoms with van der Waals surface area (Å²) in [6, 6.07) is 9.35. The lowest BCUT2D eigenvalue weighted by Gasteiger charge is -2.04. The van der Waals surface area contributed by atoms with Gasteiger partial charge in [0.25, 0.3) is 0 Å². The maximum atomic E-state index is 10.8. The van der Waals surface area contributed by atoms with Crippen LogP contribution in [0.3, 0.4) is 0 Å². The first-order valence-corrected chi connectivity index (χ1v) is 4.53. The van der Waals surface area contributed by atoms with E-state index < -0.39 is 0 Å². The van der Waals surface area contributed by atoms with E-state index in [9.17, 15) is 4.79 Å². The minimum atomic E-state index is -0.315. The van der Waals surface area contributed by atoms with Crippen molar-refractivity contribution in [2.45, 2.75) is 6.54 Å². The largest absolute Gasteiger partial charge is 0.468 e. The molecule has 0 aromatic heterocycles. The van der Waals surface area contributed by atoms with Crippen LogP contribution in [0.25, 0.3) is 0 Å². The zero-order valence-electron chi connectivity index (χ0n) is 8.49. The minimum absolute atomic E-state index is 0.149. The van der Waals surface area contributed by atoms with Crippen molar-refractivity contribution in [1.82, 2.24) is 5.32 Å². The molecule has 0 saturated carbocycles. The van der Waals surface area contributed by atoms with Gasteiger partial charge in [0.2, 0.25) is 0 Å². The van der Waals surface area contributed by atoms with Crippen molar-refractivity contribution >= 4 is 5.97 Å². The van der Waals surface area contributed by atoms with E-state index in [1.54, 1.807) is 6.07 Å². The molecule has 0 atom stereocenters. The Balaban J connectivity index is 2.51. The Morgan fingerprint density at radius 1 is 1.53 bits per heavy atom. The Morgan fingerprint density at radius 2 is 2.27 bits per heavy atom. The SMILES string of the molecule is COC(=O)CNCc1ccccc1C#N. The first kappa shape index (κ1) is 11.2. The average Bonchev–Trinajstić information content (AvgIpc) is 2.29. The molecule has 0 aliphatic carbocycles. The van der Waals surface area contributed by atoms with Crippen molar-refractivity contribution in [1.29, 1.82) is 5.26 Å². The molecule has 1 N–H and O–H groups in total. The second-order valence-corrected chi connectivity index (χ2v) is 2.95. The Morgan fingerprint density at radius 3 is 2.93 bits per heavy atom. The fourth-order valence-corrected chi connectivity index (χ4v) is 1.15. The summed E-state index contributed by atoms with van der Waals surface area (Å²) < 4.78 is 4.48. The number of methoxy groups -OCH3 is 1. The van der Waals surface area contributed by atoms with Gasteiger partial charge in [-0.1, -0.05) is 18.2 Å². The van der Waals surface area contributed by atoms with Crippen molar-refractivity contribution in [2.24, 2.45) is 0 Å². The van der Waals surface area contributed by atoms with Gasteiger partial charge in [-0.25, -0.2) is 0 Å². The van der Waals surface area contributed by atoms with Crippen molar-refractivity contribution in [3.63, 3.8) is 0 Å². The summed E-state index contributed by atoms with van der Waals surface area (Å²) in [4.78, 5) is 10.8. The Kier molecular flexibility index (Phi) is 4.32. The third-order valence-corrected chi connectivity index (χ3v) is 1.95. The fraction of sp³-hybridized carbons (Fsp3) is 0.273. The topological polar surface area (TPSA) is 62.1 Å². The molecule has 1 aromatic rings. The molecule has 0 heterocycles. The van der Waals surface area contributed by atoms with Crippen LogP contribution >= 0.6 is 0 Å². The molecule has 4 nitrogen and oxygen atoms in total. The number of esters is 1. The molecule has 0 aliphatic rings. The van der Waals surface area contributed by atoms with Crippen molar-refractivity contribution in [3.8, 4) is 6.07 Å². The lowest BCUT2D eigenvalue weighted by Crippen LogP contribution is -2.23. The highest BCUT2D eigenvalue weighted by Crippen LogP contribution is 2.06. The molecular formula is C11H12N2O2. The molecule has 1 aromatic carbocycles. The Labute approximate surface area is 88.5 Å². The molecule has 0 spiro atoms. The summed E-state index contributed by atoms with van der Waals surface area (Å²) in [5.41, 5.74) is 1.50. The molecule has 1 rings (SSSR count). The lowest BCUT2D eigenvalue weighted by atomic mass is 10.1. The third-order valence-electron chi connectivity index (χ3n) is 1.95. The van der Waals surface area contributed by atoms with Gasteiger partial charge >= 0.3 is 5.97 Å². The third kappa shape index (κ3) is 3.41. The standard InChI is InChI=1S/C11H12N2O2/c1-15-11(14)8-13-7-10-5-3-2-4-9(10)6-12/h2-5,13H,7-8H2,1H3. The summed E-state index contributed by atoms with van der Waals surface area (Å²) in [6.07, 6.45) is 0. The maximum absolute atomic E-state index is 10.8. The number of rotatable bonds is 4. The monoisotopic (exact) mass is 204 g/mol. The second kappa shape index (κ2) is 5.78. The van der Waals surface area contributed by atoms with Crippen LogP contribution in [0.2, 0.25) is 0 Å². The molecule has 0 fully saturated rings. The number of carbonyl (C=O) groups excluding carboxylic acids is 1. The number of nitrogens with zero attached hydrogens (tertiary/aromatic N) is 1. The number of carbonyl (C=O) groups is 1. The first-order valence-electron chi connectivity index (χ1n) is 4.53. The van der Waals surface area contributed by atoms with Gasteiger partial charge in [-0.3, -0.25) is 4.79 Å². The number of nitrogens with one attached hydrogen (secondary N) is 1. The van der Waals surface area contributed by atoms with E-state index in [4.69, 9.17) is 5.26 Å². The van der Waals surface area contributed by atoms with Gasteiger partial charge in [-0.15, -0.1) is 0 Å².